The number of likely N-dealkylation sites (tertiary alicyclic amines) is 1. The number of β-amino-alcohol motifs (C(OH)–C–C–N with tert-alkyl or cyclic N) is 1. The largest absolute Gasteiger partial charge is 0.445 e. The molecule has 1 amide bonds. The average Bonchev–Trinajstić information content (AvgIpc) is 2.96. The Bertz CT molecular complexity index is 438. The molecular formula is C16H24N2O3. The van der Waals surface area contributed by atoms with E-state index in [0.717, 1.165) is 25.1 Å². The Morgan fingerprint density at radius 1 is 1.43 bits per heavy atom. The number of aliphatic hydroxyl groups is 1. The van der Waals surface area contributed by atoms with Crippen molar-refractivity contribution in [2.75, 3.05) is 32.8 Å². The molecule has 0 aliphatic carbocycles. The normalized spacial score (nSPS) is 18.7. The van der Waals surface area contributed by atoms with Crippen molar-refractivity contribution in [3.8, 4) is 0 Å². The van der Waals surface area contributed by atoms with E-state index in [4.69, 9.17) is 9.84 Å². The highest BCUT2D eigenvalue weighted by atomic mass is 16.6. The quantitative estimate of drug-likeness (QED) is 0.867. The van der Waals surface area contributed by atoms with Crippen LogP contribution in [-0.2, 0) is 11.3 Å². The number of rotatable bonds is 6. The van der Waals surface area contributed by atoms with Gasteiger partial charge in [-0.15, -0.1) is 0 Å². The Labute approximate surface area is 126 Å². The lowest BCUT2D eigenvalue weighted by atomic mass is 10.2. The molecule has 2 rings (SSSR count). The Balaban J connectivity index is 1.84. The van der Waals surface area contributed by atoms with Crippen molar-refractivity contribution >= 4 is 6.09 Å². The van der Waals surface area contributed by atoms with Gasteiger partial charge in [-0.25, -0.2) is 4.79 Å². The van der Waals surface area contributed by atoms with Crippen molar-refractivity contribution in [3.05, 3.63) is 35.9 Å². The molecule has 1 aliphatic heterocycles. The van der Waals surface area contributed by atoms with Crippen LogP contribution in [0.2, 0.25) is 0 Å². The predicted molar refractivity (Wildman–Crippen MR) is 80.9 cm³/mol. The van der Waals surface area contributed by atoms with Gasteiger partial charge in [-0.3, -0.25) is 4.90 Å². The number of ether oxygens (including phenoxy) is 1. The predicted octanol–water partition coefficient (Wildman–Crippen LogP) is 1.71. The molecule has 1 saturated heterocycles. The summed E-state index contributed by atoms with van der Waals surface area (Å²) in [5.74, 6) is 0. The van der Waals surface area contributed by atoms with Crippen LogP contribution in [0.1, 0.15) is 18.9 Å². The van der Waals surface area contributed by atoms with E-state index in [-0.39, 0.29) is 18.7 Å². The highest BCUT2D eigenvalue weighted by Crippen LogP contribution is 2.16. The van der Waals surface area contributed by atoms with E-state index < -0.39 is 0 Å². The summed E-state index contributed by atoms with van der Waals surface area (Å²) >= 11 is 0. The van der Waals surface area contributed by atoms with Gasteiger partial charge in [-0.2, -0.15) is 0 Å². The number of carbonyl (C=O) groups excluding carboxylic acids is 1. The monoisotopic (exact) mass is 292 g/mol. The Hall–Kier alpha value is -1.59. The van der Waals surface area contributed by atoms with Gasteiger partial charge >= 0.3 is 6.09 Å². The standard InChI is InChI=1S/C16H24N2O3/c1-2-18(15-8-9-17(12-15)10-11-19)16(20)21-13-14-6-4-3-5-7-14/h3-7,15,19H,2,8-13H2,1H3. The van der Waals surface area contributed by atoms with Crippen LogP contribution >= 0.6 is 0 Å². The van der Waals surface area contributed by atoms with Gasteiger partial charge in [0.05, 0.1) is 6.61 Å². The first-order chi connectivity index (χ1) is 10.2. The fourth-order valence-electron chi connectivity index (χ4n) is 2.75. The summed E-state index contributed by atoms with van der Waals surface area (Å²) in [6, 6.07) is 9.89. The molecule has 1 aliphatic rings. The van der Waals surface area contributed by atoms with Crippen LogP contribution in [0.3, 0.4) is 0 Å². The highest BCUT2D eigenvalue weighted by Gasteiger charge is 2.30. The molecule has 5 heteroatoms. The first kappa shape index (κ1) is 15.8. The summed E-state index contributed by atoms with van der Waals surface area (Å²) in [6.45, 7) is 5.50. The molecule has 0 saturated carbocycles. The minimum absolute atomic E-state index is 0.164. The van der Waals surface area contributed by atoms with Crippen LogP contribution in [0.15, 0.2) is 30.3 Å². The summed E-state index contributed by atoms with van der Waals surface area (Å²) in [5, 5.41) is 8.98. The van der Waals surface area contributed by atoms with Gasteiger partial charge in [0.2, 0.25) is 0 Å². The maximum absolute atomic E-state index is 12.2. The molecule has 1 N–H and O–H groups in total. The molecule has 1 fully saturated rings. The van der Waals surface area contributed by atoms with Crippen LogP contribution in [0.25, 0.3) is 0 Å². The fraction of sp³-hybridized carbons (Fsp3) is 0.562. The van der Waals surface area contributed by atoms with Gasteiger partial charge in [0.25, 0.3) is 0 Å². The minimum atomic E-state index is -0.253. The van der Waals surface area contributed by atoms with Crippen LogP contribution < -0.4 is 0 Å². The number of benzene rings is 1. The molecule has 1 atom stereocenters. The van der Waals surface area contributed by atoms with E-state index in [1.165, 1.54) is 0 Å². The van der Waals surface area contributed by atoms with Crippen molar-refractivity contribution in [1.82, 2.24) is 9.80 Å². The summed E-state index contributed by atoms with van der Waals surface area (Å²) in [6.07, 6.45) is 0.686. The Kier molecular flexibility index (Phi) is 6.02. The Morgan fingerprint density at radius 2 is 2.19 bits per heavy atom. The molecule has 0 spiro atoms. The summed E-state index contributed by atoms with van der Waals surface area (Å²) in [5.41, 5.74) is 0.996. The van der Waals surface area contributed by atoms with E-state index in [9.17, 15) is 4.79 Å². The van der Waals surface area contributed by atoms with Crippen molar-refractivity contribution in [1.29, 1.82) is 0 Å². The van der Waals surface area contributed by atoms with E-state index >= 15 is 0 Å². The third kappa shape index (κ3) is 4.44. The van der Waals surface area contributed by atoms with E-state index in [0.29, 0.717) is 19.7 Å². The molecule has 1 aromatic carbocycles. The molecule has 0 bridgehead atoms. The zero-order valence-corrected chi connectivity index (χ0v) is 12.6. The highest BCUT2D eigenvalue weighted by molar-refractivity contribution is 5.68. The zero-order chi connectivity index (χ0) is 15.1. The lowest BCUT2D eigenvalue weighted by molar-refractivity contribution is 0.0829. The number of carbonyl (C=O) groups is 1. The molecule has 21 heavy (non-hydrogen) atoms. The molecule has 1 heterocycles. The zero-order valence-electron chi connectivity index (χ0n) is 12.6. The van der Waals surface area contributed by atoms with Crippen LogP contribution in [0.4, 0.5) is 4.79 Å². The van der Waals surface area contributed by atoms with Gasteiger partial charge in [0, 0.05) is 32.2 Å². The molecular weight excluding hydrogens is 268 g/mol. The number of hydrogen-bond acceptors (Lipinski definition) is 4. The number of likely N-dealkylation sites (N-methyl/N-ethyl adjacent to an activating group) is 1. The fourth-order valence-corrected chi connectivity index (χ4v) is 2.75. The van der Waals surface area contributed by atoms with Crippen LogP contribution in [0.5, 0.6) is 0 Å². The van der Waals surface area contributed by atoms with Crippen molar-refractivity contribution in [3.63, 3.8) is 0 Å². The third-order valence-corrected chi connectivity index (χ3v) is 3.88. The first-order valence-electron chi connectivity index (χ1n) is 7.55. The molecule has 0 aromatic heterocycles. The Morgan fingerprint density at radius 3 is 2.86 bits per heavy atom. The molecule has 5 nitrogen and oxygen atoms in total. The molecule has 1 aromatic rings. The van der Waals surface area contributed by atoms with Gasteiger partial charge in [-0.1, -0.05) is 30.3 Å². The van der Waals surface area contributed by atoms with E-state index in [2.05, 4.69) is 4.90 Å². The summed E-state index contributed by atoms with van der Waals surface area (Å²) < 4.78 is 5.41. The van der Waals surface area contributed by atoms with Crippen molar-refractivity contribution < 1.29 is 14.6 Å². The molecule has 1 unspecified atom stereocenters. The number of nitrogens with zero attached hydrogens (tertiary/aromatic N) is 2. The first-order valence-corrected chi connectivity index (χ1v) is 7.55. The smallest absolute Gasteiger partial charge is 0.410 e. The second kappa shape index (κ2) is 8.00. The topological polar surface area (TPSA) is 53.0 Å². The average molecular weight is 292 g/mol. The second-order valence-electron chi connectivity index (χ2n) is 5.29. The summed E-state index contributed by atoms with van der Waals surface area (Å²) in [7, 11) is 0. The SMILES string of the molecule is CCN(C(=O)OCc1ccccc1)C1CCN(CCO)C1. The van der Waals surface area contributed by atoms with Crippen molar-refractivity contribution in [2.24, 2.45) is 0 Å². The maximum atomic E-state index is 12.2. The maximum Gasteiger partial charge on any atom is 0.410 e. The van der Waals surface area contributed by atoms with Gasteiger partial charge < -0.3 is 14.7 Å². The minimum Gasteiger partial charge on any atom is -0.445 e. The molecule has 0 radical (unpaired) electrons. The van der Waals surface area contributed by atoms with Gasteiger partial charge in [0.1, 0.15) is 6.61 Å². The second-order valence-corrected chi connectivity index (χ2v) is 5.29. The molecule has 116 valence electrons. The van der Waals surface area contributed by atoms with Gasteiger partial charge in [0.15, 0.2) is 0 Å². The number of hydrogen-bond donors (Lipinski definition) is 1. The number of amides is 1. The van der Waals surface area contributed by atoms with Gasteiger partial charge in [-0.05, 0) is 18.9 Å². The van der Waals surface area contributed by atoms with E-state index in [1.54, 1.807) is 4.90 Å². The van der Waals surface area contributed by atoms with Crippen molar-refractivity contribution in [2.45, 2.75) is 26.0 Å². The van der Waals surface area contributed by atoms with Crippen LogP contribution in [0, 0.1) is 0 Å². The third-order valence-electron chi connectivity index (χ3n) is 3.88. The van der Waals surface area contributed by atoms with E-state index in [1.807, 2.05) is 37.3 Å². The summed E-state index contributed by atoms with van der Waals surface area (Å²) in [4.78, 5) is 16.2. The van der Waals surface area contributed by atoms with Crippen LogP contribution in [-0.4, -0.2) is 59.8 Å². The lowest BCUT2D eigenvalue weighted by Crippen LogP contribution is -2.42. The lowest BCUT2D eigenvalue weighted by Gasteiger charge is -2.27. The number of aliphatic hydroxyl groups excluding tert-OH is 1.